The number of carbonyl (C=O) groups is 1. The summed E-state index contributed by atoms with van der Waals surface area (Å²) in [5, 5.41) is 11.0. The average molecular weight is 227 g/mol. The summed E-state index contributed by atoms with van der Waals surface area (Å²) in [7, 11) is 0. The van der Waals surface area contributed by atoms with Crippen LogP contribution in [0.5, 0.6) is 5.75 Å². The van der Waals surface area contributed by atoms with E-state index in [1.54, 1.807) is 12.1 Å². The van der Waals surface area contributed by atoms with Crippen LogP contribution in [0.3, 0.4) is 0 Å². The van der Waals surface area contributed by atoms with Crippen molar-refractivity contribution in [1.29, 1.82) is 0 Å². The molecule has 1 rings (SSSR count). The third-order valence-corrected chi connectivity index (χ3v) is 1.85. The molecule has 4 nitrogen and oxygen atoms in total. The van der Waals surface area contributed by atoms with Gasteiger partial charge in [0, 0.05) is 13.2 Å². The lowest BCUT2D eigenvalue weighted by Gasteiger charge is -2.07. The monoisotopic (exact) mass is 227 g/mol. The molecule has 0 atom stereocenters. The second kappa shape index (κ2) is 6.79. The van der Waals surface area contributed by atoms with Gasteiger partial charge in [0.2, 0.25) is 0 Å². The lowest BCUT2D eigenvalue weighted by molar-refractivity contribution is -0.123. The fourth-order valence-corrected chi connectivity index (χ4v) is 1.06. The van der Waals surface area contributed by atoms with E-state index < -0.39 is 5.82 Å². The lowest BCUT2D eigenvalue weighted by atomic mass is 10.3. The van der Waals surface area contributed by atoms with E-state index in [1.807, 2.05) is 0 Å². The first kappa shape index (κ1) is 12.4. The third-order valence-electron chi connectivity index (χ3n) is 1.85. The highest BCUT2D eigenvalue weighted by Gasteiger charge is 2.05. The minimum absolute atomic E-state index is 0.0223. The topological polar surface area (TPSA) is 58.6 Å². The van der Waals surface area contributed by atoms with Crippen LogP contribution >= 0.6 is 0 Å². The third kappa shape index (κ3) is 4.27. The number of hydrogen-bond acceptors (Lipinski definition) is 3. The molecule has 88 valence electrons. The first-order valence-corrected chi connectivity index (χ1v) is 4.99. The van der Waals surface area contributed by atoms with Crippen molar-refractivity contribution in [3.63, 3.8) is 0 Å². The number of nitrogens with one attached hydrogen (secondary N) is 1. The van der Waals surface area contributed by atoms with E-state index in [2.05, 4.69) is 5.32 Å². The van der Waals surface area contributed by atoms with Gasteiger partial charge in [-0.25, -0.2) is 4.39 Å². The Hall–Kier alpha value is -1.62. The number of para-hydroxylation sites is 1. The molecule has 16 heavy (non-hydrogen) atoms. The van der Waals surface area contributed by atoms with Crippen LogP contribution in [-0.2, 0) is 4.79 Å². The molecule has 0 saturated carbocycles. The molecule has 0 spiro atoms. The summed E-state index contributed by atoms with van der Waals surface area (Å²) in [6, 6.07) is 5.89. The largest absolute Gasteiger partial charge is 0.481 e. The van der Waals surface area contributed by atoms with E-state index in [9.17, 15) is 9.18 Å². The predicted octanol–water partition coefficient (Wildman–Crippen LogP) is 0.703. The zero-order valence-electron chi connectivity index (χ0n) is 8.78. The molecule has 2 N–H and O–H groups in total. The van der Waals surface area contributed by atoms with E-state index in [0.29, 0.717) is 13.0 Å². The van der Waals surface area contributed by atoms with Gasteiger partial charge in [-0.2, -0.15) is 0 Å². The molecular formula is C11H14FNO3. The van der Waals surface area contributed by atoms with E-state index in [-0.39, 0.29) is 24.9 Å². The number of ether oxygens (including phenoxy) is 1. The Balaban J connectivity index is 2.29. The van der Waals surface area contributed by atoms with Crippen LogP contribution in [0.4, 0.5) is 4.39 Å². The molecule has 0 unspecified atom stereocenters. The maximum Gasteiger partial charge on any atom is 0.257 e. The van der Waals surface area contributed by atoms with E-state index in [4.69, 9.17) is 9.84 Å². The molecule has 0 aromatic heterocycles. The molecule has 1 aromatic carbocycles. The highest BCUT2D eigenvalue weighted by Crippen LogP contribution is 2.14. The minimum Gasteiger partial charge on any atom is -0.481 e. The van der Waals surface area contributed by atoms with Gasteiger partial charge in [-0.1, -0.05) is 12.1 Å². The number of halogens is 1. The number of aliphatic hydroxyl groups is 1. The normalized spacial score (nSPS) is 9.88. The molecular weight excluding hydrogens is 213 g/mol. The molecule has 0 saturated heterocycles. The zero-order valence-corrected chi connectivity index (χ0v) is 8.78. The van der Waals surface area contributed by atoms with Gasteiger partial charge in [0.15, 0.2) is 18.2 Å². The lowest BCUT2D eigenvalue weighted by Crippen LogP contribution is -2.30. The summed E-state index contributed by atoms with van der Waals surface area (Å²) < 4.78 is 18.0. The van der Waals surface area contributed by atoms with Gasteiger partial charge in [0.1, 0.15) is 0 Å². The van der Waals surface area contributed by atoms with Crippen LogP contribution in [0.2, 0.25) is 0 Å². The number of aliphatic hydroxyl groups excluding tert-OH is 1. The Morgan fingerprint density at radius 1 is 1.44 bits per heavy atom. The van der Waals surface area contributed by atoms with E-state index in [1.165, 1.54) is 12.1 Å². The fourth-order valence-electron chi connectivity index (χ4n) is 1.06. The standard InChI is InChI=1S/C11H14FNO3/c12-9-4-1-2-5-10(9)16-8-11(15)13-6-3-7-14/h1-2,4-5,14H,3,6-8H2,(H,13,15). The highest BCUT2D eigenvalue weighted by atomic mass is 19.1. The summed E-state index contributed by atoms with van der Waals surface area (Å²) in [6.45, 7) is 0.177. The van der Waals surface area contributed by atoms with Gasteiger partial charge in [0.25, 0.3) is 5.91 Å². The number of amides is 1. The first-order chi connectivity index (χ1) is 7.74. The molecule has 0 bridgehead atoms. The van der Waals surface area contributed by atoms with E-state index >= 15 is 0 Å². The van der Waals surface area contributed by atoms with Crippen LogP contribution in [0, 0.1) is 5.82 Å². The average Bonchev–Trinajstić information content (AvgIpc) is 2.28. The summed E-state index contributed by atoms with van der Waals surface area (Å²) in [5.74, 6) is -0.776. The summed E-state index contributed by atoms with van der Waals surface area (Å²) in [5.41, 5.74) is 0. The molecule has 1 aromatic rings. The Kier molecular flexibility index (Phi) is 5.28. The van der Waals surface area contributed by atoms with Gasteiger partial charge >= 0.3 is 0 Å². The number of benzene rings is 1. The number of hydrogen-bond donors (Lipinski definition) is 2. The second-order valence-electron chi connectivity index (χ2n) is 3.15. The fraction of sp³-hybridized carbons (Fsp3) is 0.364. The van der Waals surface area contributed by atoms with Crippen molar-refractivity contribution in [2.24, 2.45) is 0 Å². The Bertz CT molecular complexity index is 344. The molecule has 0 aliphatic rings. The van der Waals surface area contributed by atoms with Crippen molar-refractivity contribution in [3.8, 4) is 5.75 Å². The summed E-state index contributed by atoms with van der Waals surface area (Å²) in [6.07, 6.45) is 0.492. The highest BCUT2D eigenvalue weighted by molar-refractivity contribution is 5.77. The van der Waals surface area contributed by atoms with Gasteiger partial charge in [-0.05, 0) is 18.6 Å². The summed E-state index contributed by atoms with van der Waals surface area (Å²) >= 11 is 0. The van der Waals surface area contributed by atoms with Crippen LogP contribution in [0.1, 0.15) is 6.42 Å². The van der Waals surface area contributed by atoms with Crippen molar-refractivity contribution in [2.75, 3.05) is 19.8 Å². The Morgan fingerprint density at radius 3 is 2.88 bits per heavy atom. The molecule has 0 radical (unpaired) electrons. The van der Waals surface area contributed by atoms with Crippen LogP contribution in [0.15, 0.2) is 24.3 Å². The van der Waals surface area contributed by atoms with Crippen molar-refractivity contribution >= 4 is 5.91 Å². The molecule has 0 heterocycles. The SMILES string of the molecule is O=C(COc1ccccc1F)NCCCO. The molecule has 0 aliphatic heterocycles. The van der Waals surface area contributed by atoms with Crippen molar-refractivity contribution in [1.82, 2.24) is 5.32 Å². The van der Waals surface area contributed by atoms with Gasteiger partial charge in [0.05, 0.1) is 0 Å². The molecule has 5 heteroatoms. The predicted molar refractivity (Wildman–Crippen MR) is 56.6 cm³/mol. The first-order valence-electron chi connectivity index (χ1n) is 4.99. The molecule has 1 amide bonds. The maximum absolute atomic E-state index is 13.1. The molecule has 0 aliphatic carbocycles. The van der Waals surface area contributed by atoms with Crippen LogP contribution < -0.4 is 10.1 Å². The number of rotatable bonds is 6. The molecule has 0 fully saturated rings. The van der Waals surface area contributed by atoms with Crippen molar-refractivity contribution in [3.05, 3.63) is 30.1 Å². The Morgan fingerprint density at radius 2 is 2.19 bits per heavy atom. The van der Waals surface area contributed by atoms with Gasteiger partial charge in [-0.15, -0.1) is 0 Å². The van der Waals surface area contributed by atoms with Gasteiger partial charge < -0.3 is 15.2 Å². The van der Waals surface area contributed by atoms with Crippen molar-refractivity contribution in [2.45, 2.75) is 6.42 Å². The Labute approximate surface area is 93.0 Å². The zero-order chi connectivity index (χ0) is 11.8. The maximum atomic E-state index is 13.1. The van der Waals surface area contributed by atoms with Crippen molar-refractivity contribution < 1.29 is 19.0 Å². The second-order valence-corrected chi connectivity index (χ2v) is 3.15. The summed E-state index contributed by atoms with van der Waals surface area (Å²) in [4.78, 5) is 11.2. The van der Waals surface area contributed by atoms with Crippen LogP contribution in [0.25, 0.3) is 0 Å². The van der Waals surface area contributed by atoms with Crippen LogP contribution in [-0.4, -0.2) is 30.8 Å². The number of carbonyl (C=O) groups excluding carboxylic acids is 1. The minimum atomic E-state index is -0.495. The quantitative estimate of drug-likeness (QED) is 0.703. The smallest absolute Gasteiger partial charge is 0.257 e. The van der Waals surface area contributed by atoms with Gasteiger partial charge in [-0.3, -0.25) is 4.79 Å². The van der Waals surface area contributed by atoms with E-state index in [0.717, 1.165) is 0 Å².